The fourth-order valence-corrected chi connectivity index (χ4v) is 0.511. The lowest BCUT2D eigenvalue weighted by molar-refractivity contribution is 0.586. The van der Waals surface area contributed by atoms with E-state index >= 15 is 0 Å². The highest BCUT2D eigenvalue weighted by Gasteiger charge is 2.14. The molecule has 0 atom stereocenters. The monoisotopic (exact) mass is 182 g/mol. The Balaban J connectivity index is 2.59. The number of hydrogen-bond acceptors (Lipinski definition) is 5. The van der Waals surface area contributed by atoms with E-state index in [0.717, 1.165) is 5.71 Å². The number of aromatic amines is 1. The maximum absolute atomic E-state index is 4.12. The minimum Gasteiger partial charge on any atom is -0.243 e. The van der Waals surface area contributed by atoms with Crippen LogP contribution in [0.5, 0.6) is 0 Å². The molecule has 0 radical (unpaired) electrons. The Morgan fingerprint density at radius 1 is 1.46 bits per heavy atom. The summed E-state index contributed by atoms with van der Waals surface area (Å²) in [5, 5.41) is 17.3. The van der Waals surface area contributed by atoms with Crippen molar-refractivity contribution in [3.05, 3.63) is 0 Å². The van der Waals surface area contributed by atoms with Gasteiger partial charge in [0.2, 0.25) is 0 Å². The number of hydrogen-bond donors (Lipinski definition) is 2. The third-order valence-corrected chi connectivity index (χ3v) is 1.75. The number of nitrogens with one attached hydrogen (secondary N) is 2. The molecule has 0 saturated carbocycles. The van der Waals surface area contributed by atoms with E-state index in [0.29, 0.717) is 5.95 Å². The molecule has 0 aliphatic rings. The molecule has 6 heteroatoms. The van der Waals surface area contributed by atoms with Crippen molar-refractivity contribution < 1.29 is 0 Å². The van der Waals surface area contributed by atoms with Crippen molar-refractivity contribution in [1.82, 2.24) is 20.6 Å². The number of H-pyrrole nitrogens is 1. The Kier molecular flexibility index (Phi) is 2.60. The van der Waals surface area contributed by atoms with Crippen LogP contribution in [0.4, 0.5) is 5.95 Å². The van der Waals surface area contributed by atoms with Crippen LogP contribution in [0.15, 0.2) is 5.10 Å². The second-order valence-corrected chi connectivity index (χ2v) is 3.79. The van der Waals surface area contributed by atoms with Gasteiger partial charge < -0.3 is 0 Å². The SMILES string of the molecule is CC(=NNc1nn[nH]n1)C(C)(C)C. The molecule has 1 aromatic rings. The molecule has 0 bridgehead atoms. The van der Waals surface area contributed by atoms with Gasteiger partial charge in [0.05, 0.1) is 0 Å². The summed E-state index contributed by atoms with van der Waals surface area (Å²) < 4.78 is 0. The van der Waals surface area contributed by atoms with E-state index in [1.54, 1.807) is 0 Å². The van der Waals surface area contributed by atoms with E-state index < -0.39 is 0 Å². The molecule has 0 saturated heterocycles. The second-order valence-electron chi connectivity index (χ2n) is 3.79. The molecule has 1 aromatic heterocycles. The quantitative estimate of drug-likeness (QED) is 0.529. The average molecular weight is 182 g/mol. The van der Waals surface area contributed by atoms with Crippen LogP contribution in [0.25, 0.3) is 0 Å². The van der Waals surface area contributed by atoms with Crippen LogP contribution >= 0.6 is 0 Å². The molecule has 0 amide bonds. The predicted octanol–water partition coefficient (Wildman–Crippen LogP) is 1.03. The summed E-state index contributed by atoms with van der Waals surface area (Å²) in [6.45, 7) is 8.21. The Hall–Kier alpha value is -1.46. The van der Waals surface area contributed by atoms with Crippen LogP contribution in [0.2, 0.25) is 0 Å². The summed E-state index contributed by atoms with van der Waals surface area (Å²) in [7, 11) is 0. The van der Waals surface area contributed by atoms with Gasteiger partial charge in [0, 0.05) is 11.1 Å². The number of anilines is 1. The van der Waals surface area contributed by atoms with Crippen molar-refractivity contribution in [2.45, 2.75) is 27.7 Å². The molecule has 0 unspecified atom stereocenters. The van der Waals surface area contributed by atoms with E-state index in [1.165, 1.54) is 0 Å². The Morgan fingerprint density at radius 3 is 2.62 bits per heavy atom. The van der Waals surface area contributed by atoms with Gasteiger partial charge in [-0.25, -0.2) is 5.43 Å². The summed E-state index contributed by atoms with van der Waals surface area (Å²) in [4.78, 5) is 0. The first-order chi connectivity index (χ1) is 6.00. The minimum absolute atomic E-state index is 0.0523. The highest BCUT2D eigenvalue weighted by molar-refractivity contribution is 5.87. The lowest BCUT2D eigenvalue weighted by Crippen LogP contribution is -2.18. The van der Waals surface area contributed by atoms with Crippen molar-refractivity contribution in [2.24, 2.45) is 10.5 Å². The first-order valence-electron chi connectivity index (χ1n) is 4.04. The third-order valence-electron chi connectivity index (χ3n) is 1.75. The maximum atomic E-state index is 4.12. The normalized spacial score (nSPS) is 13.1. The van der Waals surface area contributed by atoms with Gasteiger partial charge in [-0.05, 0) is 12.1 Å². The van der Waals surface area contributed by atoms with E-state index in [2.05, 4.69) is 51.9 Å². The highest BCUT2D eigenvalue weighted by atomic mass is 15.5. The number of tetrazole rings is 1. The largest absolute Gasteiger partial charge is 0.283 e. The molecule has 13 heavy (non-hydrogen) atoms. The fraction of sp³-hybridized carbons (Fsp3) is 0.714. The van der Waals surface area contributed by atoms with Crippen LogP contribution in [0, 0.1) is 5.41 Å². The molecule has 72 valence electrons. The lowest BCUT2D eigenvalue weighted by atomic mass is 9.91. The van der Waals surface area contributed by atoms with Gasteiger partial charge >= 0.3 is 0 Å². The van der Waals surface area contributed by atoms with Crippen LogP contribution in [-0.4, -0.2) is 26.3 Å². The standard InChI is InChI=1S/C7H14N6/c1-5(7(2,3)4)8-9-6-10-12-13-11-6/h1-4H3,(H2,9,10,11,12,13). The zero-order chi connectivity index (χ0) is 9.90. The number of nitrogens with zero attached hydrogens (tertiary/aromatic N) is 4. The summed E-state index contributed by atoms with van der Waals surface area (Å²) in [6, 6.07) is 0. The maximum Gasteiger partial charge on any atom is 0.283 e. The van der Waals surface area contributed by atoms with Crippen molar-refractivity contribution in [3.63, 3.8) is 0 Å². The first kappa shape index (κ1) is 9.63. The van der Waals surface area contributed by atoms with Crippen LogP contribution in [0.1, 0.15) is 27.7 Å². The van der Waals surface area contributed by atoms with Gasteiger partial charge in [0.1, 0.15) is 0 Å². The summed E-state index contributed by atoms with van der Waals surface area (Å²) in [5.41, 5.74) is 3.74. The zero-order valence-corrected chi connectivity index (χ0v) is 8.29. The van der Waals surface area contributed by atoms with Crippen LogP contribution < -0.4 is 5.43 Å². The Labute approximate surface area is 76.8 Å². The van der Waals surface area contributed by atoms with Gasteiger partial charge in [0.25, 0.3) is 5.95 Å². The highest BCUT2D eigenvalue weighted by Crippen LogP contribution is 2.15. The topological polar surface area (TPSA) is 78.9 Å². The molecule has 1 rings (SSSR count). The van der Waals surface area contributed by atoms with Crippen molar-refractivity contribution in [2.75, 3.05) is 5.43 Å². The van der Waals surface area contributed by atoms with Crippen molar-refractivity contribution >= 4 is 11.7 Å². The molecule has 2 N–H and O–H groups in total. The van der Waals surface area contributed by atoms with Gasteiger partial charge in [0.15, 0.2) is 0 Å². The molecule has 0 aliphatic carbocycles. The molecule has 0 aliphatic heterocycles. The van der Waals surface area contributed by atoms with E-state index in [4.69, 9.17) is 0 Å². The smallest absolute Gasteiger partial charge is 0.243 e. The molecular formula is C7H14N6. The first-order valence-corrected chi connectivity index (χ1v) is 4.04. The second kappa shape index (κ2) is 3.51. The molecule has 0 aromatic carbocycles. The van der Waals surface area contributed by atoms with E-state index in [-0.39, 0.29) is 5.41 Å². The third kappa shape index (κ3) is 2.81. The summed E-state index contributed by atoms with van der Waals surface area (Å²) >= 11 is 0. The number of aromatic nitrogens is 4. The van der Waals surface area contributed by atoms with Gasteiger partial charge in [-0.1, -0.05) is 25.9 Å². The predicted molar refractivity (Wildman–Crippen MR) is 50.4 cm³/mol. The van der Waals surface area contributed by atoms with E-state index in [9.17, 15) is 0 Å². The molecule has 6 nitrogen and oxygen atoms in total. The van der Waals surface area contributed by atoms with Crippen LogP contribution in [-0.2, 0) is 0 Å². The van der Waals surface area contributed by atoms with Crippen molar-refractivity contribution in [3.8, 4) is 0 Å². The van der Waals surface area contributed by atoms with Gasteiger partial charge in [-0.15, -0.1) is 5.10 Å². The van der Waals surface area contributed by atoms with E-state index in [1.807, 2.05) is 6.92 Å². The number of hydrazone groups is 1. The number of rotatable bonds is 2. The fourth-order valence-electron chi connectivity index (χ4n) is 0.511. The van der Waals surface area contributed by atoms with Gasteiger partial charge in [-0.2, -0.15) is 10.3 Å². The minimum atomic E-state index is 0.0523. The Morgan fingerprint density at radius 2 is 2.15 bits per heavy atom. The molecule has 0 spiro atoms. The zero-order valence-electron chi connectivity index (χ0n) is 8.29. The van der Waals surface area contributed by atoms with Crippen molar-refractivity contribution in [1.29, 1.82) is 0 Å². The van der Waals surface area contributed by atoms with Gasteiger partial charge in [-0.3, -0.25) is 0 Å². The average Bonchev–Trinajstić information content (AvgIpc) is 2.50. The summed E-state index contributed by atoms with van der Waals surface area (Å²) in [5.74, 6) is 0.378. The Bertz CT molecular complexity index is 280. The summed E-state index contributed by atoms with van der Waals surface area (Å²) in [6.07, 6.45) is 0. The molecule has 1 heterocycles. The lowest BCUT2D eigenvalue weighted by Gasteiger charge is -2.17. The molecule has 0 fully saturated rings. The van der Waals surface area contributed by atoms with Crippen LogP contribution in [0.3, 0.4) is 0 Å². The molecular weight excluding hydrogens is 168 g/mol.